The van der Waals surface area contributed by atoms with E-state index < -0.39 is 0 Å². The van der Waals surface area contributed by atoms with Crippen molar-refractivity contribution in [1.29, 1.82) is 0 Å². The smallest absolute Gasteiger partial charge is 0.271 e. The number of hydrogen-bond donors (Lipinski definition) is 1. The SMILES string of the molecule is CCc1nc(C(=O)NCCN2CCN(c3cccc(Cl)c3Cl)CC2)c(C)n1-c1ccccc1.Cl.Cl.Cl.Cl. The monoisotopic (exact) mass is 629 g/mol. The predicted octanol–water partition coefficient (Wildman–Crippen LogP) is 6.29. The molecule has 2 aromatic carbocycles. The van der Waals surface area contributed by atoms with E-state index in [2.05, 4.69) is 31.6 Å². The molecule has 0 radical (unpaired) electrons. The number of benzene rings is 2. The fourth-order valence-electron chi connectivity index (χ4n) is 4.29. The third-order valence-electron chi connectivity index (χ3n) is 6.08. The van der Waals surface area contributed by atoms with Gasteiger partial charge in [-0.2, -0.15) is 0 Å². The molecule has 1 aromatic heterocycles. The second kappa shape index (κ2) is 16.6. The topological polar surface area (TPSA) is 53.4 Å². The molecule has 12 heteroatoms. The lowest BCUT2D eigenvalue weighted by Gasteiger charge is -2.36. The molecule has 37 heavy (non-hydrogen) atoms. The van der Waals surface area contributed by atoms with E-state index in [-0.39, 0.29) is 55.5 Å². The number of carbonyl (C=O) groups is 1. The molecule has 6 nitrogen and oxygen atoms in total. The van der Waals surface area contributed by atoms with Crippen molar-refractivity contribution in [2.24, 2.45) is 0 Å². The van der Waals surface area contributed by atoms with Gasteiger partial charge in [0.1, 0.15) is 11.5 Å². The number of nitrogens with one attached hydrogen (secondary N) is 1. The predicted molar refractivity (Wildman–Crippen MR) is 164 cm³/mol. The molecule has 2 heterocycles. The van der Waals surface area contributed by atoms with E-state index in [1.807, 2.05) is 49.4 Å². The zero-order valence-electron chi connectivity index (χ0n) is 20.7. The van der Waals surface area contributed by atoms with Crippen LogP contribution in [0.25, 0.3) is 5.69 Å². The normalized spacial score (nSPS) is 12.9. The third-order valence-corrected chi connectivity index (χ3v) is 6.89. The van der Waals surface area contributed by atoms with Gasteiger partial charge in [0.05, 0.1) is 21.4 Å². The largest absolute Gasteiger partial charge is 0.368 e. The number of imidazole rings is 1. The molecule has 1 saturated heterocycles. The van der Waals surface area contributed by atoms with Gasteiger partial charge in [-0.1, -0.05) is 54.4 Å². The number of halogens is 6. The molecule has 1 aliphatic rings. The molecule has 206 valence electrons. The highest BCUT2D eigenvalue weighted by atomic mass is 35.5. The summed E-state index contributed by atoms with van der Waals surface area (Å²) in [4.78, 5) is 22.1. The van der Waals surface area contributed by atoms with Gasteiger partial charge in [-0.3, -0.25) is 9.69 Å². The summed E-state index contributed by atoms with van der Waals surface area (Å²) in [6, 6.07) is 15.8. The molecule has 3 aromatic rings. The summed E-state index contributed by atoms with van der Waals surface area (Å²) < 4.78 is 2.06. The highest BCUT2D eigenvalue weighted by Gasteiger charge is 2.22. The Morgan fingerprint density at radius 3 is 2.22 bits per heavy atom. The van der Waals surface area contributed by atoms with Crippen LogP contribution in [0.3, 0.4) is 0 Å². The molecule has 0 aliphatic carbocycles. The number of nitrogens with zero attached hydrogens (tertiary/aromatic N) is 4. The van der Waals surface area contributed by atoms with Crippen molar-refractivity contribution in [2.75, 3.05) is 44.2 Å². The van der Waals surface area contributed by atoms with Crippen molar-refractivity contribution >= 4 is 84.4 Å². The summed E-state index contributed by atoms with van der Waals surface area (Å²) in [5, 5.41) is 4.24. The second-order valence-electron chi connectivity index (χ2n) is 8.14. The molecule has 0 spiro atoms. The first-order valence-corrected chi connectivity index (χ1v) is 12.1. The summed E-state index contributed by atoms with van der Waals surface area (Å²) in [7, 11) is 0. The van der Waals surface area contributed by atoms with Gasteiger partial charge in [-0.05, 0) is 31.2 Å². The van der Waals surface area contributed by atoms with Crippen LogP contribution in [-0.4, -0.2) is 59.6 Å². The van der Waals surface area contributed by atoms with Gasteiger partial charge < -0.3 is 14.8 Å². The van der Waals surface area contributed by atoms with E-state index in [1.54, 1.807) is 6.07 Å². The average Bonchev–Trinajstić information content (AvgIpc) is 3.18. The van der Waals surface area contributed by atoms with Crippen LogP contribution in [0.15, 0.2) is 48.5 Å². The molecular formula is C25H33Cl6N5O. The lowest BCUT2D eigenvalue weighted by molar-refractivity contribution is 0.0942. The average molecular weight is 632 g/mol. The van der Waals surface area contributed by atoms with E-state index in [1.165, 1.54) is 0 Å². The number of amides is 1. The van der Waals surface area contributed by atoms with Crippen LogP contribution in [0.1, 0.15) is 28.9 Å². The van der Waals surface area contributed by atoms with E-state index >= 15 is 0 Å². The van der Waals surface area contributed by atoms with E-state index in [0.29, 0.717) is 22.3 Å². The van der Waals surface area contributed by atoms with Crippen molar-refractivity contribution in [3.8, 4) is 5.69 Å². The maximum atomic E-state index is 12.9. The van der Waals surface area contributed by atoms with Gasteiger partial charge in [-0.25, -0.2) is 4.98 Å². The van der Waals surface area contributed by atoms with Gasteiger partial charge in [0, 0.05) is 51.4 Å². The number of para-hydroxylation sites is 1. The first kappa shape index (κ1) is 35.6. The van der Waals surface area contributed by atoms with Crippen LogP contribution in [0.2, 0.25) is 10.0 Å². The van der Waals surface area contributed by atoms with Gasteiger partial charge >= 0.3 is 0 Å². The van der Waals surface area contributed by atoms with Crippen molar-refractivity contribution in [3.05, 3.63) is 75.8 Å². The minimum absolute atomic E-state index is 0. The molecule has 1 aliphatic heterocycles. The number of hydrogen-bond acceptors (Lipinski definition) is 4. The zero-order valence-corrected chi connectivity index (χ0v) is 25.4. The maximum Gasteiger partial charge on any atom is 0.271 e. The Morgan fingerprint density at radius 2 is 1.59 bits per heavy atom. The number of aromatic nitrogens is 2. The lowest BCUT2D eigenvalue weighted by Crippen LogP contribution is -2.48. The van der Waals surface area contributed by atoms with Crippen LogP contribution in [0.4, 0.5) is 5.69 Å². The first-order valence-electron chi connectivity index (χ1n) is 11.3. The van der Waals surface area contributed by atoms with Gasteiger partial charge in [0.2, 0.25) is 0 Å². The van der Waals surface area contributed by atoms with Crippen molar-refractivity contribution < 1.29 is 4.79 Å². The number of aryl methyl sites for hydroxylation is 1. The fourth-order valence-corrected chi connectivity index (χ4v) is 4.71. The molecule has 1 fully saturated rings. The molecule has 1 amide bonds. The Labute approximate surface area is 253 Å². The van der Waals surface area contributed by atoms with Crippen LogP contribution in [0.5, 0.6) is 0 Å². The zero-order chi connectivity index (χ0) is 23.4. The lowest BCUT2D eigenvalue weighted by atomic mass is 10.2. The number of rotatable bonds is 7. The minimum atomic E-state index is -0.124. The standard InChI is InChI=1S/C25H29Cl2N5O.4ClH/c1-3-22-29-24(18(2)32(22)19-8-5-4-6-9-19)25(33)28-12-13-30-14-16-31(17-15-30)21-11-7-10-20(26)23(21)27;;;;/h4-11H,3,12-17H2,1-2H3,(H,28,33);4*1H. The van der Waals surface area contributed by atoms with Crippen LogP contribution >= 0.6 is 72.8 Å². The Morgan fingerprint density at radius 1 is 0.946 bits per heavy atom. The number of carbonyl (C=O) groups excluding carboxylic acids is 1. The highest BCUT2D eigenvalue weighted by Crippen LogP contribution is 2.32. The highest BCUT2D eigenvalue weighted by molar-refractivity contribution is 6.43. The Hall–Kier alpha value is -1.38. The van der Waals surface area contributed by atoms with Gasteiger partial charge in [0.15, 0.2) is 0 Å². The van der Waals surface area contributed by atoms with Crippen molar-refractivity contribution in [2.45, 2.75) is 20.3 Å². The van der Waals surface area contributed by atoms with E-state index in [9.17, 15) is 4.79 Å². The summed E-state index contributed by atoms with van der Waals surface area (Å²) in [5.41, 5.74) is 3.36. The molecular weight excluding hydrogens is 599 g/mol. The molecule has 1 N–H and O–H groups in total. The van der Waals surface area contributed by atoms with Crippen LogP contribution in [0, 0.1) is 6.92 Å². The van der Waals surface area contributed by atoms with Gasteiger partial charge in [0.25, 0.3) is 5.91 Å². The second-order valence-corrected chi connectivity index (χ2v) is 8.93. The molecule has 0 saturated carbocycles. The molecule has 0 unspecified atom stereocenters. The summed E-state index contributed by atoms with van der Waals surface area (Å²) in [6.45, 7) is 8.93. The Bertz CT molecular complexity index is 1120. The van der Waals surface area contributed by atoms with Crippen molar-refractivity contribution in [3.63, 3.8) is 0 Å². The maximum absolute atomic E-state index is 12.9. The Balaban J connectivity index is 0.00000324. The molecule has 4 rings (SSSR count). The first-order chi connectivity index (χ1) is 16.0. The third kappa shape index (κ3) is 8.30. The minimum Gasteiger partial charge on any atom is -0.368 e. The molecule has 0 atom stereocenters. The van der Waals surface area contributed by atoms with Crippen LogP contribution in [-0.2, 0) is 6.42 Å². The summed E-state index contributed by atoms with van der Waals surface area (Å²) in [6.07, 6.45) is 0.754. The quantitative estimate of drug-likeness (QED) is 0.333. The van der Waals surface area contributed by atoms with Crippen LogP contribution < -0.4 is 10.2 Å². The molecule has 0 bridgehead atoms. The summed E-state index contributed by atoms with van der Waals surface area (Å²) in [5.74, 6) is 0.765. The van der Waals surface area contributed by atoms with E-state index in [0.717, 1.165) is 62.0 Å². The van der Waals surface area contributed by atoms with E-state index in [4.69, 9.17) is 23.2 Å². The Kier molecular flexibility index (Phi) is 15.9. The number of piperazine rings is 1. The number of anilines is 1. The van der Waals surface area contributed by atoms with Crippen molar-refractivity contribution in [1.82, 2.24) is 19.8 Å². The summed E-state index contributed by atoms with van der Waals surface area (Å²) >= 11 is 12.5. The van der Waals surface area contributed by atoms with Gasteiger partial charge in [-0.15, -0.1) is 49.6 Å². The fraction of sp³-hybridized carbons (Fsp3) is 0.360.